The van der Waals surface area contributed by atoms with Gasteiger partial charge in [-0.15, -0.1) is 0 Å². The Morgan fingerprint density at radius 2 is 1.91 bits per heavy atom. The number of hydrogen-bond acceptors (Lipinski definition) is 5. The molecule has 0 aliphatic heterocycles. The Balaban J connectivity index is 1.69. The summed E-state index contributed by atoms with van der Waals surface area (Å²) in [6, 6.07) is 14.6. The molecule has 2 aromatic heterocycles. The summed E-state index contributed by atoms with van der Waals surface area (Å²) in [5.74, 6) is -0.492. The minimum atomic E-state index is -4.10. The topological polar surface area (TPSA) is 81.4 Å². The van der Waals surface area contributed by atoms with Gasteiger partial charge in [-0.05, 0) is 48.9 Å². The molecule has 1 N–H and O–H groups in total. The van der Waals surface area contributed by atoms with Crippen LogP contribution in [0.3, 0.4) is 0 Å². The molecule has 0 aliphatic rings. The first-order valence-electron chi connectivity index (χ1n) is 9.77. The molecule has 9 heteroatoms. The van der Waals surface area contributed by atoms with Crippen LogP contribution in [-0.2, 0) is 14.3 Å². The van der Waals surface area contributed by atoms with Crippen molar-refractivity contribution in [3.05, 3.63) is 95.2 Å². The van der Waals surface area contributed by atoms with Gasteiger partial charge in [0.15, 0.2) is 5.15 Å². The first kappa shape index (κ1) is 22.4. The van der Waals surface area contributed by atoms with Crippen LogP contribution in [0, 0.1) is 12.7 Å². The molecule has 6 nitrogen and oxygen atoms in total. The average molecular weight is 475 g/mol. The molecule has 166 valence electrons. The van der Waals surface area contributed by atoms with Crippen molar-refractivity contribution in [1.82, 2.24) is 9.55 Å². The molecule has 0 saturated carbocycles. The molecule has 0 saturated heterocycles. The van der Waals surface area contributed by atoms with Crippen LogP contribution in [-0.4, -0.2) is 35.8 Å². The number of nitrogens with zero attached hydrogens (tertiary/aromatic N) is 2. The first-order chi connectivity index (χ1) is 15.3. The molecule has 4 aromatic rings. The molecule has 2 atom stereocenters. The van der Waals surface area contributed by atoms with E-state index in [1.807, 2.05) is 6.92 Å². The van der Waals surface area contributed by atoms with Crippen LogP contribution in [0.15, 0.2) is 78.0 Å². The second-order valence-electron chi connectivity index (χ2n) is 7.38. The lowest BCUT2D eigenvalue weighted by Gasteiger charge is -2.26. The summed E-state index contributed by atoms with van der Waals surface area (Å²) in [6.45, 7) is 1.29. The minimum Gasteiger partial charge on any atom is -0.388 e. The van der Waals surface area contributed by atoms with E-state index in [4.69, 9.17) is 15.8 Å². The van der Waals surface area contributed by atoms with E-state index < -0.39 is 34.7 Å². The van der Waals surface area contributed by atoms with Gasteiger partial charge in [-0.1, -0.05) is 41.4 Å². The number of rotatable bonds is 7. The van der Waals surface area contributed by atoms with Crippen molar-refractivity contribution in [3.8, 4) is 0 Å². The zero-order valence-electron chi connectivity index (χ0n) is 17.0. The standard InChI is InChI=1S/C23H20ClFN2O4S/c1-15-5-7-19(8-6-15)32(29,30)31-14-20(28)21(17-3-2-4-18(25)13-17)27-12-10-16-9-11-26-23(24)22(16)27/h2-13,20-21,28H,14H2,1H3. The van der Waals surface area contributed by atoms with E-state index in [1.165, 1.54) is 30.3 Å². The lowest BCUT2D eigenvalue weighted by molar-refractivity contribution is 0.0784. The molecule has 0 spiro atoms. The third-order valence-corrected chi connectivity index (χ3v) is 6.71. The van der Waals surface area contributed by atoms with Crippen molar-refractivity contribution in [1.29, 1.82) is 0 Å². The second-order valence-corrected chi connectivity index (χ2v) is 9.35. The number of fused-ring (bicyclic) bond motifs is 1. The molecule has 0 aliphatic carbocycles. The van der Waals surface area contributed by atoms with Gasteiger partial charge in [0.05, 0.1) is 23.1 Å². The third-order valence-electron chi connectivity index (χ3n) is 5.14. The summed E-state index contributed by atoms with van der Waals surface area (Å²) in [5, 5.41) is 12.0. The normalized spacial score (nSPS) is 13.9. The number of benzene rings is 2. The molecular weight excluding hydrogens is 455 g/mol. The fourth-order valence-electron chi connectivity index (χ4n) is 3.58. The third kappa shape index (κ3) is 4.54. The van der Waals surface area contributed by atoms with Gasteiger partial charge in [0.25, 0.3) is 10.1 Å². The Labute approximate surface area is 190 Å². The maximum absolute atomic E-state index is 14.0. The van der Waals surface area contributed by atoms with Crippen molar-refractivity contribution in [3.63, 3.8) is 0 Å². The number of pyridine rings is 1. The smallest absolute Gasteiger partial charge is 0.297 e. The van der Waals surface area contributed by atoms with E-state index in [2.05, 4.69) is 4.98 Å². The predicted molar refractivity (Wildman–Crippen MR) is 120 cm³/mol. The molecule has 32 heavy (non-hydrogen) atoms. The largest absolute Gasteiger partial charge is 0.388 e. The van der Waals surface area contributed by atoms with Gasteiger partial charge in [0.2, 0.25) is 0 Å². The lowest BCUT2D eigenvalue weighted by atomic mass is 10.0. The van der Waals surface area contributed by atoms with Gasteiger partial charge < -0.3 is 9.67 Å². The quantitative estimate of drug-likeness (QED) is 0.315. The second kappa shape index (κ2) is 8.99. The first-order valence-corrected chi connectivity index (χ1v) is 11.6. The maximum atomic E-state index is 14.0. The summed E-state index contributed by atoms with van der Waals surface area (Å²) in [4.78, 5) is 4.07. The molecule has 0 bridgehead atoms. The van der Waals surface area contributed by atoms with E-state index in [9.17, 15) is 17.9 Å². The van der Waals surface area contributed by atoms with E-state index in [-0.39, 0.29) is 10.0 Å². The maximum Gasteiger partial charge on any atom is 0.297 e. The summed E-state index contributed by atoms with van der Waals surface area (Å²) in [6.07, 6.45) is 1.90. The van der Waals surface area contributed by atoms with Gasteiger partial charge in [-0.2, -0.15) is 8.42 Å². The summed E-state index contributed by atoms with van der Waals surface area (Å²) < 4.78 is 46.0. The summed E-state index contributed by atoms with van der Waals surface area (Å²) in [5.41, 5.74) is 1.86. The highest BCUT2D eigenvalue weighted by molar-refractivity contribution is 7.86. The molecule has 0 radical (unpaired) electrons. The highest BCUT2D eigenvalue weighted by Crippen LogP contribution is 2.31. The van der Waals surface area contributed by atoms with Crippen LogP contribution in [0.1, 0.15) is 17.2 Å². The van der Waals surface area contributed by atoms with Crippen LogP contribution in [0.4, 0.5) is 4.39 Å². The Kier molecular flexibility index (Phi) is 6.30. The Bertz CT molecular complexity index is 1360. The molecule has 4 rings (SSSR count). The van der Waals surface area contributed by atoms with Crippen LogP contribution in [0.5, 0.6) is 0 Å². The van der Waals surface area contributed by atoms with Crippen LogP contribution in [0.25, 0.3) is 10.9 Å². The summed E-state index contributed by atoms with van der Waals surface area (Å²) in [7, 11) is -4.10. The van der Waals surface area contributed by atoms with Gasteiger partial charge in [0, 0.05) is 17.8 Å². The fourth-order valence-corrected chi connectivity index (χ4v) is 4.77. The highest BCUT2D eigenvalue weighted by atomic mass is 35.5. The van der Waals surface area contributed by atoms with E-state index in [0.29, 0.717) is 11.1 Å². The van der Waals surface area contributed by atoms with E-state index >= 15 is 0 Å². The van der Waals surface area contributed by atoms with E-state index in [0.717, 1.165) is 10.9 Å². The number of halogens is 2. The Morgan fingerprint density at radius 3 is 2.62 bits per heavy atom. The molecule has 0 amide bonds. The molecular formula is C23H20ClFN2O4S. The summed E-state index contributed by atoms with van der Waals surface area (Å²) >= 11 is 6.30. The van der Waals surface area contributed by atoms with Crippen LogP contribution in [0.2, 0.25) is 5.15 Å². The lowest BCUT2D eigenvalue weighted by Crippen LogP contribution is -2.30. The van der Waals surface area contributed by atoms with Crippen molar-refractivity contribution >= 4 is 32.6 Å². The van der Waals surface area contributed by atoms with Gasteiger partial charge in [-0.25, -0.2) is 9.37 Å². The highest BCUT2D eigenvalue weighted by Gasteiger charge is 2.28. The van der Waals surface area contributed by atoms with Crippen LogP contribution < -0.4 is 0 Å². The number of aliphatic hydroxyl groups is 1. The average Bonchev–Trinajstić information content (AvgIpc) is 3.18. The Morgan fingerprint density at radius 1 is 1.16 bits per heavy atom. The Hall–Kier alpha value is -2.78. The fraction of sp³-hybridized carbons (Fsp3) is 0.174. The van der Waals surface area contributed by atoms with Crippen molar-refractivity contribution in [2.75, 3.05) is 6.61 Å². The van der Waals surface area contributed by atoms with Crippen LogP contribution >= 0.6 is 11.6 Å². The zero-order valence-corrected chi connectivity index (χ0v) is 18.6. The SMILES string of the molecule is Cc1ccc(S(=O)(=O)OCC(O)C(c2cccc(F)c2)n2ccc3ccnc(Cl)c32)cc1. The zero-order chi connectivity index (χ0) is 22.9. The van der Waals surface area contributed by atoms with Crippen molar-refractivity contribution in [2.45, 2.75) is 24.0 Å². The molecule has 0 fully saturated rings. The van der Waals surface area contributed by atoms with E-state index in [1.54, 1.807) is 47.3 Å². The minimum absolute atomic E-state index is 0.0173. The van der Waals surface area contributed by atoms with Crippen molar-refractivity contribution in [2.24, 2.45) is 0 Å². The number of aromatic nitrogens is 2. The van der Waals surface area contributed by atoms with Crippen molar-refractivity contribution < 1.29 is 22.1 Å². The number of aliphatic hydroxyl groups excluding tert-OH is 1. The molecule has 2 unspecified atom stereocenters. The number of aryl methyl sites for hydroxylation is 1. The van der Waals surface area contributed by atoms with Gasteiger partial charge >= 0.3 is 0 Å². The van der Waals surface area contributed by atoms with Gasteiger partial charge in [-0.3, -0.25) is 4.18 Å². The molecule has 2 heterocycles. The van der Waals surface area contributed by atoms with Gasteiger partial charge in [0.1, 0.15) is 11.9 Å². The number of hydrogen-bond donors (Lipinski definition) is 1. The monoisotopic (exact) mass is 474 g/mol. The predicted octanol–water partition coefficient (Wildman–Crippen LogP) is 4.49. The molecule has 2 aromatic carbocycles.